The van der Waals surface area contributed by atoms with Gasteiger partial charge in [0, 0.05) is 13.6 Å². The molecule has 0 saturated heterocycles. The lowest BCUT2D eigenvalue weighted by atomic mass is 10.2. The third-order valence-corrected chi connectivity index (χ3v) is 2.45. The Labute approximate surface area is 100 Å². The molecule has 0 bridgehead atoms. The average molecular weight is 232 g/mol. The molecule has 2 aromatic rings. The molecule has 0 aliphatic carbocycles. The zero-order valence-electron chi connectivity index (χ0n) is 10.1. The molecule has 0 atom stereocenters. The van der Waals surface area contributed by atoms with Crippen molar-refractivity contribution in [3.8, 4) is 5.75 Å². The van der Waals surface area contributed by atoms with Gasteiger partial charge in [-0.3, -0.25) is 4.68 Å². The summed E-state index contributed by atoms with van der Waals surface area (Å²) in [6, 6.07) is 8.01. The van der Waals surface area contributed by atoms with Gasteiger partial charge in [0.15, 0.2) is 5.82 Å². The minimum Gasteiger partial charge on any atom is -0.486 e. The van der Waals surface area contributed by atoms with Gasteiger partial charge >= 0.3 is 0 Å². The van der Waals surface area contributed by atoms with Crippen LogP contribution < -0.4 is 10.1 Å². The predicted octanol–water partition coefficient (Wildman–Crippen LogP) is 1.11. The fourth-order valence-corrected chi connectivity index (χ4v) is 1.55. The number of ether oxygens (including phenoxy) is 1. The van der Waals surface area contributed by atoms with Gasteiger partial charge in [-0.25, -0.2) is 4.98 Å². The zero-order valence-corrected chi connectivity index (χ0v) is 10.1. The van der Waals surface area contributed by atoms with Gasteiger partial charge in [-0.05, 0) is 24.7 Å². The molecule has 1 aromatic heterocycles. The van der Waals surface area contributed by atoms with Crippen LogP contribution in [0.4, 0.5) is 0 Å². The fraction of sp³-hybridized carbons (Fsp3) is 0.333. The molecule has 1 aromatic carbocycles. The van der Waals surface area contributed by atoms with Gasteiger partial charge in [0.25, 0.3) is 0 Å². The third kappa shape index (κ3) is 3.04. The Balaban J connectivity index is 1.99. The van der Waals surface area contributed by atoms with Crippen molar-refractivity contribution in [2.24, 2.45) is 7.05 Å². The molecule has 0 fully saturated rings. The maximum Gasteiger partial charge on any atom is 0.164 e. The summed E-state index contributed by atoms with van der Waals surface area (Å²) in [5.74, 6) is 1.66. The third-order valence-electron chi connectivity index (χ3n) is 2.45. The van der Waals surface area contributed by atoms with E-state index in [-0.39, 0.29) is 0 Å². The number of benzene rings is 1. The van der Waals surface area contributed by atoms with Gasteiger partial charge in [-0.2, -0.15) is 5.10 Å². The van der Waals surface area contributed by atoms with E-state index in [0.29, 0.717) is 6.61 Å². The Morgan fingerprint density at radius 1 is 1.41 bits per heavy atom. The number of nitrogens with zero attached hydrogens (tertiary/aromatic N) is 3. The maximum atomic E-state index is 5.67. The van der Waals surface area contributed by atoms with Crippen LogP contribution in [0.3, 0.4) is 0 Å². The van der Waals surface area contributed by atoms with E-state index in [0.717, 1.165) is 18.1 Å². The summed E-state index contributed by atoms with van der Waals surface area (Å²) in [5.41, 5.74) is 1.20. The Hall–Kier alpha value is -1.88. The lowest BCUT2D eigenvalue weighted by Crippen LogP contribution is -2.06. The van der Waals surface area contributed by atoms with E-state index in [4.69, 9.17) is 4.74 Å². The van der Waals surface area contributed by atoms with Crippen LogP contribution in [0.1, 0.15) is 11.4 Å². The Kier molecular flexibility index (Phi) is 3.72. The lowest BCUT2D eigenvalue weighted by molar-refractivity contribution is 0.289. The quantitative estimate of drug-likeness (QED) is 0.839. The Morgan fingerprint density at radius 3 is 3.00 bits per heavy atom. The molecule has 17 heavy (non-hydrogen) atoms. The molecular formula is C12H16N4O. The smallest absolute Gasteiger partial charge is 0.164 e. The van der Waals surface area contributed by atoms with Gasteiger partial charge in [0.2, 0.25) is 0 Å². The van der Waals surface area contributed by atoms with E-state index in [2.05, 4.69) is 21.5 Å². The van der Waals surface area contributed by atoms with Crippen molar-refractivity contribution >= 4 is 0 Å². The molecule has 1 N–H and O–H groups in total. The van der Waals surface area contributed by atoms with Gasteiger partial charge in [-0.15, -0.1) is 0 Å². The molecule has 0 aliphatic heterocycles. The van der Waals surface area contributed by atoms with Gasteiger partial charge < -0.3 is 10.1 Å². The minimum absolute atomic E-state index is 0.430. The van der Waals surface area contributed by atoms with E-state index >= 15 is 0 Å². The van der Waals surface area contributed by atoms with E-state index in [9.17, 15) is 0 Å². The second-order valence-corrected chi connectivity index (χ2v) is 3.77. The highest BCUT2D eigenvalue weighted by atomic mass is 16.5. The van der Waals surface area contributed by atoms with Crippen LogP contribution in [0.5, 0.6) is 5.75 Å². The monoisotopic (exact) mass is 232 g/mol. The summed E-state index contributed by atoms with van der Waals surface area (Å²) in [7, 11) is 3.77. The second kappa shape index (κ2) is 5.45. The van der Waals surface area contributed by atoms with Gasteiger partial charge in [0.05, 0.1) is 0 Å². The first-order valence-electron chi connectivity index (χ1n) is 5.49. The SMILES string of the molecule is CNCc1cccc(OCc2ncnn2C)c1. The largest absolute Gasteiger partial charge is 0.486 e. The van der Waals surface area contributed by atoms with E-state index < -0.39 is 0 Å². The Morgan fingerprint density at radius 2 is 2.29 bits per heavy atom. The number of rotatable bonds is 5. The van der Waals surface area contributed by atoms with Crippen molar-refractivity contribution in [1.29, 1.82) is 0 Å². The molecule has 0 amide bonds. The van der Waals surface area contributed by atoms with Crippen LogP contribution in [0, 0.1) is 0 Å². The van der Waals surface area contributed by atoms with Gasteiger partial charge in [-0.1, -0.05) is 12.1 Å². The molecule has 1 heterocycles. The number of nitrogens with one attached hydrogen (secondary N) is 1. The summed E-state index contributed by atoms with van der Waals surface area (Å²) in [4.78, 5) is 4.10. The molecule has 0 radical (unpaired) electrons. The van der Waals surface area contributed by atoms with E-state index in [1.165, 1.54) is 11.9 Å². The van der Waals surface area contributed by atoms with Crippen molar-refractivity contribution in [1.82, 2.24) is 20.1 Å². The molecule has 2 rings (SSSR count). The first kappa shape index (κ1) is 11.6. The van der Waals surface area contributed by atoms with Crippen LogP contribution in [0.25, 0.3) is 0 Å². The van der Waals surface area contributed by atoms with E-state index in [1.54, 1.807) is 4.68 Å². The zero-order chi connectivity index (χ0) is 12.1. The highest BCUT2D eigenvalue weighted by Gasteiger charge is 2.02. The molecule has 0 aliphatic rings. The summed E-state index contributed by atoms with van der Waals surface area (Å²) in [6.45, 7) is 1.26. The molecule has 5 heteroatoms. The molecule has 90 valence electrons. The molecule has 0 saturated carbocycles. The number of hydrogen-bond donors (Lipinski definition) is 1. The fourth-order valence-electron chi connectivity index (χ4n) is 1.55. The van der Waals surface area contributed by atoms with Crippen molar-refractivity contribution in [2.75, 3.05) is 7.05 Å². The van der Waals surface area contributed by atoms with Crippen molar-refractivity contribution in [3.63, 3.8) is 0 Å². The van der Waals surface area contributed by atoms with Crippen LogP contribution in [0.2, 0.25) is 0 Å². The van der Waals surface area contributed by atoms with Crippen molar-refractivity contribution < 1.29 is 4.74 Å². The number of aromatic nitrogens is 3. The van der Waals surface area contributed by atoms with Crippen molar-refractivity contribution in [2.45, 2.75) is 13.2 Å². The van der Waals surface area contributed by atoms with Crippen molar-refractivity contribution in [3.05, 3.63) is 42.0 Å². The van der Waals surface area contributed by atoms with Crippen LogP contribution in [0.15, 0.2) is 30.6 Å². The lowest BCUT2D eigenvalue weighted by Gasteiger charge is -2.07. The standard InChI is InChI=1S/C12H16N4O/c1-13-7-10-4-3-5-11(6-10)17-8-12-14-9-15-16(12)2/h3-6,9,13H,7-8H2,1-2H3. The summed E-state index contributed by atoms with van der Waals surface area (Å²) >= 11 is 0. The minimum atomic E-state index is 0.430. The average Bonchev–Trinajstić information content (AvgIpc) is 2.73. The van der Waals surface area contributed by atoms with Crippen LogP contribution in [-0.2, 0) is 20.2 Å². The second-order valence-electron chi connectivity index (χ2n) is 3.77. The summed E-state index contributed by atoms with van der Waals surface area (Å²) < 4.78 is 7.37. The van der Waals surface area contributed by atoms with Crippen LogP contribution >= 0.6 is 0 Å². The normalized spacial score (nSPS) is 10.5. The Bertz CT molecular complexity index is 481. The van der Waals surface area contributed by atoms with Crippen LogP contribution in [-0.4, -0.2) is 21.8 Å². The molecule has 5 nitrogen and oxygen atoms in total. The first-order chi connectivity index (χ1) is 8.29. The summed E-state index contributed by atoms with van der Waals surface area (Å²) in [5, 5.41) is 7.10. The highest BCUT2D eigenvalue weighted by molar-refractivity contribution is 5.28. The number of aryl methyl sites for hydroxylation is 1. The maximum absolute atomic E-state index is 5.67. The summed E-state index contributed by atoms with van der Waals surface area (Å²) in [6.07, 6.45) is 1.52. The topological polar surface area (TPSA) is 52.0 Å². The number of hydrogen-bond acceptors (Lipinski definition) is 4. The molecule has 0 spiro atoms. The van der Waals surface area contributed by atoms with Gasteiger partial charge in [0.1, 0.15) is 18.7 Å². The first-order valence-corrected chi connectivity index (χ1v) is 5.49. The highest BCUT2D eigenvalue weighted by Crippen LogP contribution is 2.14. The predicted molar refractivity (Wildman–Crippen MR) is 64.5 cm³/mol. The molecule has 0 unspecified atom stereocenters. The molecular weight excluding hydrogens is 216 g/mol. The van der Waals surface area contributed by atoms with E-state index in [1.807, 2.05) is 32.3 Å².